The first-order valence-corrected chi connectivity index (χ1v) is 7.20. The van der Waals surface area contributed by atoms with Crippen molar-refractivity contribution in [1.82, 2.24) is 14.9 Å². The van der Waals surface area contributed by atoms with Crippen molar-refractivity contribution in [1.29, 1.82) is 0 Å². The summed E-state index contributed by atoms with van der Waals surface area (Å²) in [5, 5.41) is 3.31. The summed E-state index contributed by atoms with van der Waals surface area (Å²) in [5.74, 6) is 1.12. The lowest BCUT2D eigenvalue weighted by Crippen LogP contribution is -2.42. The van der Waals surface area contributed by atoms with E-state index in [1.807, 2.05) is 13.8 Å². The van der Waals surface area contributed by atoms with Crippen LogP contribution >= 0.6 is 0 Å². The molecule has 1 aliphatic heterocycles. The van der Waals surface area contributed by atoms with Gasteiger partial charge in [-0.1, -0.05) is 0 Å². The summed E-state index contributed by atoms with van der Waals surface area (Å²) < 4.78 is 10.1. The van der Waals surface area contributed by atoms with Crippen molar-refractivity contribution >= 4 is 12.0 Å². The van der Waals surface area contributed by atoms with Gasteiger partial charge in [0.05, 0.1) is 13.7 Å². The van der Waals surface area contributed by atoms with Crippen molar-refractivity contribution in [3.63, 3.8) is 0 Å². The summed E-state index contributed by atoms with van der Waals surface area (Å²) in [5.41, 5.74) is 0.855. The molecule has 0 radical (unpaired) electrons. The van der Waals surface area contributed by atoms with Crippen LogP contribution in [0.3, 0.4) is 0 Å². The number of rotatable bonds is 4. The number of piperidine rings is 1. The maximum absolute atomic E-state index is 11.6. The summed E-state index contributed by atoms with van der Waals surface area (Å²) in [4.78, 5) is 22.0. The van der Waals surface area contributed by atoms with E-state index in [1.165, 1.54) is 0 Å². The average molecular weight is 294 g/mol. The first-order valence-electron chi connectivity index (χ1n) is 7.20. The van der Waals surface area contributed by atoms with Gasteiger partial charge in [0.1, 0.15) is 0 Å². The molecule has 21 heavy (non-hydrogen) atoms. The number of amides is 1. The van der Waals surface area contributed by atoms with Gasteiger partial charge in [-0.2, -0.15) is 4.98 Å². The van der Waals surface area contributed by atoms with Crippen LogP contribution in [0.1, 0.15) is 25.5 Å². The van der Waals surface area contributed by atoms with Gasteiger partial charge in [-0.3, -0.25) is 0 Å². The zero-order valence-electron chi connectivity index (χ0n) is 12.8. The van der Waals surface area contributed by atoms with Crippen LogP contribution in [0.5, 0.6) is 5.88 Å². The highest BCUT2D eigenvalue weighted by molar-refractivity contribution is 5.67. The molecule has 1 amide bonds. The summed E-state index contributed by atoms with van der Waals surface area (Å²) in [7, 11) is 1.59. The standard InChI is InChI=1S/C14H22N4O3/c1-4-21-14(19)18-7-5-11(6-8-18)16-13-15-10(2)9-12(17-13)20-3/h9,11H,4-8H2,1-3H3,(H,15,16,17). The number of carbonyl (C=O) groups is 1. The molecule has 0 atom stereocenters. The largest absolute Gasteiger partial charge is 0.481 e. The van der Waals surface area contributed by atoms with Crippen molar-refractivity contribution < 1.29 is 14.3 Å². The van der Waals surface area contributed by atoms with Crippen molar-refractivity contribution in [2.45, 2.75) is 32.7 Å². The normalized spacial score (nSPS) is 15.7. The third-order valence-corrected chi connectivity index (χ3v) is 3.39. The minimum atomic E-state index is -0.232. The van der Waals surface area contributed by atoms with Crippen LogP contribution in [0, 0.1) is 6.92 Å². The van der Waals surface area contributed by atoms with Crippen LogP contribution in [0.15, 0.2) is 6.07 Å². The Kier molecular flexibility index (Phi) is 5.19. The minimum Gasteiger partial charge on any atom is -0.481 e. The van der Waals surface area contributed by atoms with Gasteiger partial charge < -0.3 is 19.7 Å². The maximum atomic E-state index is 11.6. The highest BCUT2D eigenvalue weighted by Crippen LogP contribution is 2.17. The second-order valence-electron chi connectivity index (χ2n) is 4.98. The molecule has 2 heterocycles. The number of anilines is 1. The molecule has 116 valence electrons. The van der Waals surface area contributed by atoms with Gasteiger partial charge in [-0.15, -0.1) is 0 Å². The lowest BCUT2D eigenvalue weighted by molar-refractivity contribution is 0.0983. The molecule has 0 saturated carbocycles. The lowest BCUT2D eigenvalue weighted by Gasteiger charge is -2.31. The van der Waals surface area contributed by atoms with Crippen LogP contribution in [-0.2, 0) is 4.74 Å². The second-order valence-corrected chi connectivity index (χ2v) is 4.98. The number of aryl methyl sites for hydroxylation is 1. The highest BCUT2D eigenvalue weighted by Gasteiger charge is 2.24. The molecule has 0 bridgehead atoms. The molecule has 0 aromatic carbocycles. The fourth-order valence-corrected chi connectivity index (χ4v) is 2.31. The van der Waals surface area contributed by atoms with Gasteiger partial charge in [-0.05, 0) is 26.7 Å². The van der Waals surface area contributed by atoms with Gasteiger partial charge >= 0.3 is 6.09 Å². The van der Waals surface area contributed by atoms with Crippen LogP contribution in [0.4, 0.5) is 10.7 Å². The topological polar surface area (TPSA) is 76.6 Å². The Hall–Kier alpha value is -2.05. The van der Waals surface area contributed by atoms with Crippen LogP contribution in [0.25, 0.3) is 0 Å². The molecular weight excluding hydrogens is 272 g/mol. The van der Waals surface area contributed by atoms with Crippen molar-refractivity contribution in [2.75, 3.05) is 32.1 Å². The predicted molar refractivity (Wildman–Crippen MR) is 78.6 cm³/mol. The van der Waals surface area contributed by atoms with E-state index in [0.29, 0.717) is 31.5 Å². The zero-order chi connectivity index (χ0) is 15.2. The quantitative estimate of drug-likeness (QED) is 0.913. The van der Waals surface area contributed by atoms with Crippen molar-refractivity contribution in [2.24, 2.45) is 0 Å². The monoisotopic (exact) mass is 294 g/mol. The molecule has 7 heteroatoms. The van der Waals surface area contributed by atoms with E-state index in [2.05, 4.69) is 15.3 Å². The van der Waals surface area contributed by atoms with Gasteiger partial charge in [0.2, 0.25) is 11.8 Å². The van der Waals surface area contributed by atoms with Gasteiger partial charge in [0.15, 0.2) is 0 Å². The lowest BCUT2D eigenvalue weighted by atomic mass is 10.1. The van der Waals surface area contributed by atoms with E-state index in [-0.39, 0.29) is 12.1 Å². The Bertz CT molecular complexity index is 487. The Labute approximate surface area is 124 Å². The summed E-state index contributed by atoms with van der Waals surface area (Å²) in [6.45, 7) is 5.49. The van der Waals surface area contributed by atoms with E-state index < -0.39 is 0 Å². The van der Waals surface area contributed by atoms with Crippen molar-refractivity contribution in [3.8, 4) is 5.88 Å². The van der Waals surface area contributed by atoms with Gasteiger partial charge in [0, 0.05) is 30.9 Å². The van der Waals surface area contributed by atoms with Gasteiger partial charge in [-0.25, -0.2) is 9.78 Å². The van der Waals surface area contributed by atoms with E-state index in [1.54, 1.807) is 18.1 Å². The fraction of sp³-hybridized carbons (Fsp3) is 0.643. The molecule has 1 aliphatic rings. The molecule has 1 aromatic heterocycles. The number of nitrogens with zero attached hydrogens (tertiary/aromatic N) is 3. The molecule has 2 rings (SSSR count). The number of likely N-dealkylation sites (tertiary alicyclic amines) is 1. The molecule has 0 aliphatic carbocycles. The molecule has 1 N–H and O–H groups in total. The maximum Gasteiger partial charge on any atom is 0.409 e. The molecule has 1 saturated heterocycles. The summed E-state index contributed by atoms with van der Waals surface area (Å²) >= 11 is 0. The Morgan fingerprint density at radius 2 is 2.14 bits per heavy atom. The highest BCUT2D eigenvalue weighted by atomic mass is 16.6. The first-order chi connectivity index (χ1) is 10.1. The number of hydrogen-bond donors (Lipinski definition) is 1. The smallest absolute Gasteiger partial charge is 0.409 e. The first kappa shape index (κ1) is 15.3. The molecule has 1 aromatic rings. The Balaban J connectivity index is 1.89. The number of aromatic nitrogens is 2. The van der Waals surface area contributed by atoms with Crippen LogP contribution < -0.4 is 10.1 Å². The average Bonchev–Trinajstić information content (AvgIpc) is 2.47. The summed E-state index contributed by atoms with van der Waals surface area (Å²) in [6.07, 6.45) is 1.46. The molecule has 1 fully saturated rings. The molecule has 0 spiro atoms. The van der Waals surface area contributed by atoms with Gasteiger partial charge in [0.25, 0.3) is 0 Å². The number of nitrogens with one attached hydrogen (secondary N) is 1. The third-order valence-electron chi connectivity index (χ3n) is 3.39. The van der Waals surface area contributed by atoms with Crippen molar-refractivity contribution in [3.05, 3.63) is 11.8 Å². The number of hydrogen-bond acceptors (Lipinski definition) is 6. The summed E-state index contributed by atoms with van der Waals surface area (Å²) in [6, 6.07) is 2.04. The Morgan fingerprint density at radius 1 is 1.43 bits per heavy atom. The number of ether oxygens (including phenoxy) is 2. The number of methoxy groups -OCH3 is 1. The second kappa shape index (κ2) is 7.10. The van der Waals surface area contributed by atoms with E-state index in [9.17, 15) is 4.79 Å². The van der Waals surface area contributed by atoms with Crippen LogP contribution in [0.2, 0.25) is 0 Å². The fourth-order valence-electron chi connectivity index (χ4n) is 2.31. The minimum absolute atomic E-state index is 0.232. The van der Waals surface area contributed by atoms with E-state index >= 15 is 0 Å². The SMILES string of the molecule is CCOC(=O)N1CCC(Nc2nc(C)cc(OC)n2)CC1. The van der Waals surface area contributed by atoms with Crippen LogP contribution in [-0.4, -0.2) is 53.8 Å². The molecule has 0 unspecified atom stereocenters. The zero-order valence-corrected chi connectivity index (χ0v) is 12.8. The Morgan fingerprint density at radius 3 is 2.76 bits per heavy atom. The predicted octanol–water partition coefficient (Wildman–Crippen LogP) is 1.83. The van der Waals surface area contributed by atoms with E-state index in [0.717, 1.165) is 18.5 Å². The van der Waals surface area contributed by atoms with E-state index in [4.69, 9.17) is 9.47 Å². The molecular formula is C14H22N4O3. The third kappa shape index (κ3) is 4.21. The molecule has 7 nitrogen and oxygen atoms in total. The number of carbonyl (C=O) groups excluding carboxylic acids is 1.